The number of nitrogens with zero attached hydrogens (tertiary/aromatic N) is 1. The first kappa shape index (κ1) is 8.53. The first-order valence-electron chi connectivity index (χ1n) is 4.27. The fourth-order valence-electron chi connectivity index (χ4n) is 1.59. The molecular formula is C8H17N3. The molecule has 3 N–H and O–H groups in total. The molecule has 0 aliphatic carbocycles. The summed E-state index contributed by atoms with van der Waals surface area (Å²) in [7, 11) is 0. The molecule has 0 bridgehead atoms. The van der Waals surface area contributed by atoms with Gasteiger partial charge >= 0.3 is 0 Å². The van der Waals surface area contributed by atoms with Crippen LogP contribution in [0.15, 0.2) is 0 Å². The smallest absolute Gasteiger partial charge is 0.0918 e. The molecule has 1 heterocycles. The highest BCUT2D eigenvalue weighted by molar-refractivity contribution is 5.76. The van der Waals surface area contributed by atoms with Gasteiger partial charge in [0.05, 0.1) is 5.84 Å². The largest absolute Gasteiger partial charge is 0.388 e. The van der Waals surface area contributed by atoms with Gasteiger partial charge < -0.3 is 10.6 Å². The number of nitrogens with one attached hydrogen (secondary N) is 1. The lowest BCUT2D eigenvalue weighted by atomic mass is 10.2. The molecule has 64 valence electrons. The van der Waals surface area contributed by atoms with E-state index in [4.69, 9.17) is 11.1 Å². The molecule has 1 atom stereocenters. The molecule has 3 heteroatoms. The summed E-state index contributed by atoms with van der Waals surface area (Å²) in [6, 6.07) is 0.703. The van der Waals surface area contributed by atoms with E-state index in [1.165, 1.54) is 19.4 Å². The number of hydrogen-bond donors (Lipinski definition) is 2. The summed E-state index contributed by atoms with van der Waals surface area (Å²) in [5.74, 6) is 0.309. The average molecular weight is 155 g/mol. The predicted octanol–water partition coefficient (Wildman–Crippen LogP) is 0.797. The Kier molecular flexibility index (Phi) is 2.88. The lowest BCUT2D eigenvalue weighted by Crippen LogP contribution is -2.30. The van der Waals surface area contributed by atoms with Crippen LogP contribution in [0.2, 0.25) is 0 Å². The molecule has 1 unspecified atom stereocenters. The Morgan fingerprint density at radius 2 is 2.45 bits per heavy atom. The van der Waals surface area contributed by atoms with Gasteiger partial charge in [0.25, 0.3) is 0 Å². The molecule has 1 rings (SSSR count). The van der Waals surface area contributed by atoms with Gasteiger partial charge in [-0.15, -0.1) is 0 Å². The molecule has 1 saturated heterocycles. The van der Waals surface area contributed by atoms with Crippen molar-refractivity contribution in [1.82, 2.24) is 4.90 Å². The van der Waals surface area contributed by atoms with Crippen LogP contribution in [0.4, 0.5) is 0 Å². The van der Waals surface area contributed by atoms with Crippen LogP contribution >= 0.6 is 0 Å². The van der Waals surface area contributed by atoms with E-state index in [-0.39, 0.29) is 0 Å². The van der Waals surface area contributed by atoms with Gasteiger partial charge in [0.15, 0.2) is 0 Å². The summed E-state index contributed by atoms with van der Waals surface area (Å²) >= 11 is 0. The molecule has 0 aromatic heterocycles. The van der Waals surface area contributed by atoms with Crippen LogP contribution in [0.25, 0.3) is 0 Å². The van der Waals surface area contributed by atoms with Crippen LogP contribution in [-0.2, 0) is 0 Å². The van der Waals surface area contributed by atoms with Crippen molar-refractivity contribution in [2.45, 2.75) is 32.2 Å². The lowest BCUT2D eigenvalue weighted by Gasteiger charge is -2.19. The highest BCUT2D eigenvalue weighted by Gasteiger charge is 2.19. The Hall–Kier alpha value is -0.570. The standard InChI is InChI=1S/C8H17N3/c1-7-3-2-5-11(7)6-4-8(9)10/h7H,2-6H2,1H3,(H3,9,10). The van der Waals surface area contributed by atoms with Crippen molar-refractivity contribution in [2.75, 3.05) is 13.1 Å². The fraction of sp³-hybridized carbons (Fsp3) is 0.875. The Balaban J connectivity index is 2.20. The zero-order chi connectivity index (χ0) is 8.27. The Morgan fingerprint density at radius 1 is 1.73 bits per heavy atom. The monoisotopic (exact) mass is 155 g/mol. The molecule has 11 heavy (non-hydrogen) atoms. The fourth-order valence-corrected chi connectivity index (χ4v) is 1.59. The first-order valence-corrected chi connectivity index (χ1v) is 4.27. The highest BCUT2D eigenvalue weighted by Crippen LogP contribution is 2.15. The van der Waals surface area contributed by atoms with Gasteiger partial charge in [-0.3, -0.25) is 5.41 Å². The third kappa shape index (κ3) is 2.50. The number of hydrogen-bond acceptors (Lipinski definition) is 2. The van der Waals surface area contributed by atoms with Gasteiger partial charge in [-0.05, 0) is 26.3 Å². The number of likely N-dealkylation sites (tertiary alicyclic amines) is 1. The summed E-state index contributed by atoms with van der Waals surface area (Å²) in [4.78, 5) is 2.40. The number of nitrogens with two attached hydrogens (primary N) is 1. The van der Waals surface area contributed by atoms with E-state index < -0.39 is 0 Å². The van der Waals surface area contributed by atoms with Crippen LogP contribution in [0.1, 0.15) is 26.2 Å². The Morgan fingerprint density at radius 3 is 2.91 bits per heavy atom. The predicted molar refractivity (Wildman–Crippen MR) is 46.8 cm³/mol. The minimum atomic E-state index is 0.309. The van der Waals surface area contributed by atoms with Crippen LogP contribution < -0.4 is 5.73 Å². The van der Waals surface area contributed by atoms with Crippen LogP contribution in [0, 0.1) is 5.41 Å². The molecule has 0 radical (unpaired) electrons. The van der Waals surface area contributed by atoms with Crippen molar-refractivity contribution >= 4 is 5.84 Å². The van der Waals surface area contributed by atoms with Crippen molar-refractivity contribution < 1.29 is 0 Å². The number of rotatable bonds is 3. The molecule has 1 aliphatic rings. The first-order chi connectivity index (χ1) is 5.20. The quantitative estimate of drug-likeness (QED) is 0.468. The Bertz CT molecular complexity index is 144. The molecule has 1 fully saturated rings. The summed E-state index contributed by atoms with van der Waals surface area (Å²) in [5, 5.41) is 7.08. The van der Waals surface area contributed by atoms with Gasteiger partial charge in [-0.2, -0.15) is 0 Å². The molecule has 0 aromatic rings. The second-order valence-electron chi connectivity index (χ2n) is 3.30. The number of amidine groups is 1. The van der Waals surface area contributed by atoms with E-state index in [1.54, 1.807) is 0 Å². The van der Waals surface area contributed by atoms with Crippen molar-refractivity contribution in [2.24, 2.45) is 5.73 Å². The molecule has 0 saturated carbocycles. The van der Waals surface area contributed by atoms with Gasteiger partial charge in [-0.25, -0.2) is 0 Å². The van der Waals surface area contributed by atoms with Crippen molar-refractivity contribution in [3.63, 3.8) is 0 Å². The normalized spacial score (nSPS) is 25.7. The minimum Gasteiger partial charge on any atom is -0.388 e. The lowest BCUT2D eigenvalue weighted by molar-refractivity contribution is 0.276. The molecular weight excluding hydrogens is 138 g/mol. The summed E-state index contributed by atoms with van der Waals surface area (Å²) in [6.45, 7) is 4.40. The van der Waals surface area contributed by atoms with Gasteiger partial charge in [0.1, 0.15) is 0 Å². The van der Waals surface area contributed by atoms with Crippen molar-refractivity contribution in [3.8, 4) is 0 Å². The van der Waals surface area contributed by atoms with Crippen molar-refractivity contribution in [1.29, 1.82) is 5.41 Å². The maximum Gasteiger partial charge on any atom is 0.0918 e. The van der Waals surface area contributed by atoms with Crippen LogP contribution in [0.3, 0.4) is 0 Å². The third-order valence-corrected chi connectivity index (χ3v) is 2.36. The topological polar surface area (TPSA) is 53.1 Å². The van der Waals surface area contributed by atoms with E-state index in [0.29, 0.717) is 11.9 Å². The second-order valence-corrected chi connectivity index (χ2v) is 3.30. The van der Waals surface area contributed by atoms with E-state index >= 15 is 0 Å². The molecule has 0 aromatic carbocycles. The summed E-state index contributed by atoms with van der Waals surface area (Å²) in [6.07, 6.45) is 3.33. The van der Waals surface area contributed by atoms with Crippen LogP contribution in [0.5, 0.6) is 0 Å². The SMILES string of the molecule is CC1CCCN1CCC(=N)N. The van der Waals surface area contributed by atoms with Gasteiger partial charge in [0.2, 0.25) is 0 Å². The highest BCUT2D eigenvalue weighted by atomic mass is 15.2. The van der Waals surface area contributed by atoms with E-state index in [9.17, 15) is 0 Å². The zero-order valence-corrected chi connectivity index (χ0v) is 7.14. The van der Waals surface area contributed by atoms with Gasteiger partial charge in [-0.1, -0.05) is 0 Å². The zero-order valence-electron chi connectivity index (χ0n) is 7.14. The second kappa shape index (κ2) is 3.72. The van der Waals surface area contributed by atoms with Gasteiger partial charge in [0, 0.05) is 19.0 Å². The average Bonchev–Trinajstić information content (AvgIpc) is 2.31. The van der Waals surface area contributed by atoms with Crippen LogP contribution in [-0.4, -0.2) is 29.9 Å². The Labute approximate surface area is 68.1 Å². The van der Waals surface area contributed by atoms with E-state index in [1.807, 2.05) is 0 Å². The van der Waals surface area contributed by atoms with E-state index in [2.05, 4.69) is 11.8 Å². The molecule has 1 aliphatic heterocycles. The van der Waals surface area contributed by atoms with E-state index in [0.717, 1.165) is 13.0 Å². The summed E-state index contributed by atoms with van der Waals surface area (Å²) < 4.78 is 0. The molecule has 0 amide bonds. The minimum absolute atomic E-state index is 0.309. The molecule has 0 spiro atoms. The maximum atomic E-state index is 7.08. The van der Waals surface area contributed by atoms with Crippen molar-refractivity contribution in [3.05, 3.63) is 0 Å². The third-order valence-electron chi connectivity index (χ3n) is 2.36. The summed E-state index contributed by atoms with van der Waals surface area (Å²) in [5.41, 5.74) is 5.27. The molecule has 3 nitrogen and oxygen atoms in total. The maximum absolute atomic E-state index is 7.08.